The molecule has 3 aromatic rings. The number of benzene rings is 2. The van der Waals surface area contributed by atoms with E-state index in [2.05, 4.69) is 0 Å². The maximum Gasteiger partial charge on any atom is 0.219 e. The van der Waals surface area contributed by atoms with E-state index in [0.29, 0.717) is 0 Å². The highest BCUT2D eigenvalue weighted by Crippen LogP contribution is 2.20. The Morgan fingerprint density at radius 2 is 1.50 bits per heavy atom. The predicted octanol–water partition coefficient (Wildman–Crippen LogP) is 4.00. The van der Waals surface area contributed by atoms with E-state index in [1.807, 2.05) is 60.7 Å². The summed E-state index contributed by atoms with van der Waals surface area (Å²) in [4.78, 5) is 0. The minimum absolute atomic E-state index is 0. The molecule has 0 saturated carbocycles. The van der Waals surface area contributed by atoms with E-state index in [0.717, 1.165) is 22.1 Å². The lowest BCUT2D eigenvalue weighted by atomic mass is 10.1. The third kappa shape index (κ3) is 2.15. The summed E-state index contributed by atoms with van der Waals surface area (Å²) in [5, 5.41) is 8.94. The van der Waals surface area contributed by atoms with Gasteiger partial charge in [-0.15, -0.1) is 12.4 Å². The molecular formula is C15H12ClNO. The van der Waals surface area contributed by atoms with E-state index < -0.39 is 0 Å². The molecule has 0 amide bonds. The van der Waals surface area contributed by atoms with Gasteiger partial charge < -0.3 is 4.42 Å². The first-order valence-corrected chi connectivity index (χ1v) is 5.47. The predicted molar refractivity (Wildman–Crippen MR) is 74.8 cm³/mol. The first-order chi connectivity index (χ1) is 8.34. The highest BCUT2D eigenvalue weighted by atomic mass is 35.5. The number of para-hydroxylation sites is 1. The SMILES string of the molecule is Cl.N=c1oc2ccccc2cc1-c1ccccc1. The standard InChI is InChI=1S/C15H11NO.ClH/c16-15-13(11-6-2-1-3-7-11)10-12-8-4-5-9-14(12)17-15;/h1-10,16H;1H. The van der Waals surface area contributed by atoms with Crippen LogP contribution in [0, 0.1) is 5.41 Å². The van der Waals surface area contributed by atoms with Crippen molar-refractivity contribution in [3.05, 3.63) is 66.2 Å². The fraction of sp³-hybridized carbons (Fsp3) is 0. The van der Waals surface area contributed by atoms with Gasteiger partial charge in [-0.05, 0) is 17.7 Å². The van der Waals surface area contributed by atoms with E-state index in [1.54, 1.807) is 0 Å². The van der Waals surface area contributed by atoms with Crippen molar-refractivity contribution in [1.29, 1.82) is 5.41 Å². The van der Waals surface area contributed by atoms with E-state index >= 15 is 0 Å². The molecule has 0 atom stereocenters. The van der Waals surface area contributed by atoms with E-state index in [4.69, 9.17) is 9.83 Å². The van der Waals surface area contributed by atoms with Crippen LogP contribution in [0.4, 0.5) is 0 Å². The number of rotatable bonds is 1. The fourth-order valence-corrected chi connectivity index (χ4v) is 1.91. The Morgan fingerprint density at radius 1 is 0.833 bits per heavy atom. The molecule has 3 rings (SSSR count). The quantitative estimate of drug-likeness (QED) is 0.703. The summed E-state index contributed by atoms with van der Waals surface area (Å²) in [5.41, 5.74) is 2.78. The summed E-state index contributed by atoms with van der Waals surface area (Å²) < 4.78 is 5.51. The van der Waals surface area contributed by atoms with Gasteiger partial charge in [-0.1, -0.05) is 48.5 Å². The molecule has 0 bridgehead atoms. The first-order valence-electron chi connectivity index (χ1n) is 5.47. The average Bonchev–Trinajstić information content (AvgIpc) is 2.39. The Labute approximate surface area is 111 Å². The zero-order valence-electron chi connectivity index (χ0n) is 9.59. The zero-order chi connectivity index (χ0) is 11.7. The maximum absolute atomic E-state index is 7.92. The van der Waals surface area contributed by atoms with Crippen molar-refractivity contribution in [2.24, 2.45) is 0 Å². The van der Waals surface area contributed by atoms with Crippen molar-refractivity contribution in [3.8, 4) is 11.1 Å². The van der Waals surface area contributed by atoms with Crippen LogP contribution in [-0.2, 0) is 0 Å². The molecule has 1 heterocycles. The zero-order valence-corrected chi connectivity index (χ0v) is 10.4. The van der Waals surface area contributed by atoms with Crippen LogP contribution >= 0.6 is 12.4 Å². The lowest BCUT2D eigenvalue weighted by Gasteiger charge is -2.03. The smallest absolute Gasteiger partial charge is 0.219 e. The number of hydrogen-bond acceptors (Lipinski definition) is 2. The monoisotopic (exact) mass is 257 g/mol. The maximum atomic E-state index is 7.92. The van der Waals surface area contributed by atoms with Crippen LogP contribution in [0.5, 0.6) is 0 Å². The fourth-order valence-electron chi connectivity index (χ4n) is 1.91. The Hall–Kier alpha value is -2.06. The molecule has 1 N–H and O–H groups in total. The van der Waals surface area contributed by atoms with E-state index in [9.17, 15) is 0 Å². The summed E-state index contributed by atoms with van der Waals surface area (Å²) in [6, 6.07) is 19.6. The molecule has 0 fully saturated rings. The summed E-state index contributed by atoms with van der Waals surface area (Å²) in [5.74, 6) is 0. The highest BCUT2D eigenvalue weighted by Gasteiger charge is 2.03. The second kappa shape index (κ2) is 5.07. The van der Waals surface area contributed by atoms with Gasteiger partial charge in [0.05, 0.1) is 0 Å². The van der Waals surface area contributed by atoms with Crippen LogP contribution in [0.2, 0.25) is 0 Å². The van der Waals surface area contributed by atoms with Gasteiger partial charge in [-0.3, -0.25) is 5.41 Å². The summed E-state index contributed by atoms with van der Waals surface area (Å²) >= 11 is 0. The van der Waals surface area contributed by atoms with E-state index in [1.165, 1.54) is 0 Å². The van der Waals surface area contributed by atoms with Crippen LogP contribution in [0.25, 0.3) is 22.1 Å². The molecular weight excluding hydrogens is 246 g/mol. The molecule has 0 unspecified atom stereocenters. The summed E-state index contributed by atoms with van der Waals surface area (Å²) in [6.07, 6.45) is 0. The molecule has 2 aromatic carbocycles. The normalized spacial score (nSPS) is 10.0. The van der Waals surface area contributed by atoms with Gasteiger partial charge >= 0.3 is 0 Å². The molecule has 0 aliphatic heterocycles. The van der Waals surface area contributed by atoms with Crippen LogP contribution in [-0.4, -0.2) is 0 Å². The Bertz CT molecular complexity index is 719. The lowest BCUT2D eigenvalue weighted by Crippen LogP contribution is -2.02. The van der Waals surface area contributed by atoms with Crippen molar-refractivity contribution in [2.75, 3.05) is 0 Å². The molecule has 90 valence electrons. The molecule has 18 heavy (non-hydrogen) atoms. The van der Waals surface area contributed by atoms with Gasteiger partial charge in [0.1, 0.15) is 5.58 Å². The minimum atomic E-state index is 0. The number of hydrogen-bond donors (Lipinski definition) is 1. The number of nitrogens with one attached hydrogen (secondary N) is 1. The second-order valence-corrected chi connectivity index (χ2v) is 3.89. The molecule has 1 aromatic heterocycles. The largest absolute Gasteiger partial charge is 0.438 e. The molecule has 0 spiro atoms. The van der Waals surface area contributed by atoms with Crippen LogP contribution in [0.3, 0.4) is 0 Å². The minimum Gasteiger partial charge on any atom is -0.438 e. The molecule has 0 radical (unpaired) electrons. The van der Waals surface area contributed by atoms with Crippen molar-refractivity contribution in [3.63, 3.8) is 0 Å². The summed E-state index contributed by atoms with van der Waals surface area (Å²) in [6.45, 7) is 0. The third-order valence-electron chi connectivity index (χ3n) is 2.76. The van der Waals surface area contributed by atoms with Gasteiger partial charge in [0, 0.05) is 10.9 Å². The number of halogens is 1. The van der Waals surface area contributed by atoms with Gasteiger partial charge in [0.2, 0.25) is 5.55 Å². The molecule has 0 aliphatic carbocycles. The van der Waals surface area contributed by atoms with Crippen LogP contribution < -0.4 is 5.55 Å². The van der Waals surface area contributed by atoms with Gasteiger partial charge in [-0.2, -0.15) is 0 Å². The Kier molecular flexibility index (Phi) is 3.49. The van der Waals surface area contributed by atoms with Gasteiger partial charge in [0.25, 0.3) is 0 Å². The topological polar surface area (TPSA) is 37.0 Å². The molecule has 0 aliphatic rings. The van der Waals surface area contributed by atoms with Crippen molar-refractivity contribution >= 4 is 23.4 Å². The molecule has 2 nitrogen and oxygen atoms in total. The van der Waals surface area contributed by atoms with Crippen LogP contribution in [0.15, 0.2) is 65.1 Å². The van der Waals surface area contributed by atoms with E-state index in [-0.39, 0.29) is 18.0 Å². The summed E-state index contributed by atoms with van der Waals surface area (Å²) in [7, 11) is 0. The lowest BCUT2D eigenvalue weighted by molar-refractivity contribution is 0.536. The van der Waals surface area contributed by atoms with Gasteiger partial charge in [-0.25, -0.2) is 0 Å². The average molecular weight is 258 g/mol. The Balaban J connectivity index is 0.00000120. The van der Waals surface area contributed by atoms with Gasteiger partial charge in [0.15, 0.2) is 0 Å². The first kappa shape index (κ1) is 12.4. The molecule has 3 heteroatoms. The second-order valence-electron chi connectivity index (χ2n) is 3.89. The van der Waals surface area contributed by atoms with Crippen molar-refractivity contribution < 1.29 is 4.42 Å². The van der Waals surface area contributed by atoms with Crippen molar-refractivity contribution in [2.45, 2.75) is 0 Å². The number of fused-ring (bicyclic) bond motifs is 1. The highest BCUT2D eigenvalue weighted by molar-refractivity contribution is 5.85. The third-order valence-corrected chi connectivity index (χ3v) is 2.76. The van der Waals surface area contributed by atoms with Crippen molar-refractivity contribution in [1.82, 2.24) is 0 Å². The Morgan fingerprint density at radius 3 is 2.28 bits per heavy atom. The molecule has 0 saturated heterocycles. The van der Waals surface area contributed by atoms with Crippen LogP contribution in [0.1, 0.15) is 0 Å².